The van der Waals surface area contributed by atoms with Crippen molar-refractivity contribution in [2.75, 3.05) is 6.54 Å². The van der Waals surface area contributed by atoms with Gasteiger partial charge in [0.25, 0.3) is 0 Å². The second-order valence-corrected chi connectivity index (χ2v) is 7.01. The van der Waals surface area contributed by atoms with Crippen LogP contribution in [0.5, 0.6) is 0 Å². The van der Waals surface area contributed by atoms with Gasteiger partial charge < -0.3 is 10.1 Å². The van der Waals surface area contributed by atoms with Gasteiger partial charge >= 0.3 is 0 Å². The van der Waals surface area contributed by atoms with Gasteiger partial charge in [-0.2, -0.15) is 0 Å². The summed E-state index contributed by atoms with van der Waals surface area (Å²) in [5, 5.41) is 3.78. The first kappa shape index (κ1) is 15.1. The van der Waals surface area contributed by atoms with Gasteiger partial charge in [-0.3, -0.25) is 0 Å². The number of hydrogen-bond acceptors (Lipinski definition) is 2. The molecule has 0 amide bonds. The molecule has 1 saturated heterocycles. The van der Waals surface area contributed by atoms with Crippen LogP contribution >= 0.6 is 0 Å². The molecule has 0 aromatic heterocycles. The van der Waals surface area contributed by atoms with E-state index in [1.165, 1.54) is 37.7 Å². The molecule has 3 rings (SSSR count). The first-order valence-electron chi connectivity index (χ1n) is 8.66. The summed E-state index contributed by atoms with van der Waals surface area (Å²) < 4.78 is 6.13. The summed E-state index contributed by atoms with van der Waals surface area (Å²) in [5.74, 6) is 0. The fourth-order valence-corrected chi connectivity index (χ4v) is 3.66. The Morgan fingerprint density at radius 2 is 1.90 bits per heavy atom. The van der Waals surface area contributed by atoms with E-state index in [-0.39, 0.29) is 5.41 Å². The minimum absolute atomic E-state index is 0.221. The Morgan fingerprint density at radius 1 is 1.14 bits per heavy atom. The maximum atomic E-state index is 6.13. The lowest BCUT2D eigenvalue weighted by atomic mass is 9.73. The van der Waals surface area contributed by atoms with Gasteiger partial charge in [0.1, 0.15) is 0 Å². The second kappa shape index (κ2) is 6.50. The highest BCUT2D eigenvalue weighted by molar-refractivity contribution is 5.26. The smallest absolute Gasteiger partial charge is 0.0588 e. The van der Waals surface area contributed by atoms with E-state index in [1.807, 2.05) is 0 Å². The maximum absolute atomic E-state index is 6.13. The number of hydrogen-bond donors (Lipinski definition) is 1. The molecular formula is C19H29NO. The van der Waals surface area contributed by atoms with E-state index < -0.39 is 0 Å². The van der Waals surface area contributed by atoms with Crippen molar-refractivity contribution < 1.29 is 4.74 Å². The van der Waals surface area contributed by atoms with Crippen LogP contribution in [-0.4, -0.2) is 24.8 Å². The fraction of sp³-hybridized carbons (Fsp3) is 0.684. The van der Waals surface area contributed by atoms with E-state index in [0.717, 1.165) is 19.0 Å². The third kappa shape index (κ3) is 3.67. The van der Waals surface area contributed by atoms with E-state index in [1.54, 1.807) is 0 Å². The van der Waals surface area contributed by atoms with Gasteiger partial charge in [0.05, 0.1) is 12.2 Å². The maximum Gasteiger partial charge on any atom is 0.0588 e. The Morgan fingerprint density at radius 3 is 2.48 bits per heavy atom. The van der Waals surface area contributed by atoms with Gasteiger partial charge in [0, 0.05) is 18.0 Å². The standard InChI is InChI=1S/C19H29NO/c1-3-19(14-20-17-10-11-17,16-7-5-4-6-8-16)13-18-12-9-15(2)21-18/h4-8,15,17-18,20H,3,9-14H2,1-2H3. The largest absolute Gasteiger partial charge is 0.375 e. The summed E-state index contributed by atoms with van der Waals surface area (Å²) >= 11 is 0. The lowest BCUT2D eigenvalue weighted by Crippen LogP contribution is -2.41. The molecule has 3 unspecified atom stereocenters. The Kier molecular flexibility index (Phi) is 4.66. The zero-order valence-corrected chi connectivity index (χ0v) is 13.5. The summed E-state index contributed by atoms with van der Waals surface area (Å²) in [4.78, 5) is 0. The minimum atomic E-state index is 0.221. The SMILES string of the molecule is CCC(CNC1CC1)(CC1CCC(C)O1)c1ccccc1. The van der Waals surface area contributed by atoms with Crippen LogP contribution in [0, 0.1) is 0 Å². The summed E-state index contributed by atoms with van der Waals surface area (Å²) in [6.07, 6.45) is 8.34. The molecule has 2 fully saturated rings. The van der Waals surface area contributed by atoms with Gasteiger partial charge in [-0.25, -0.2) is 0 Å². The molecule has 0 radical (unpaired) electrons. The van der Waals surface area contributed by atoms with Crippen molar-refractivity contribution in [3.63, 3.8) is 0 Å². The number of benzene rings is 1. The lowest BCUT2D eigenvalue weighted by molar-refractivity contribution is 0.0346. The third-order valence-electron chi connectivity index (χ3n) is 5.31. The van der Waals surface area contributed by atoms with Crippen LogP contribution < -0.4 is 5.32 Å². The van der Waals surface area contributed by atoms with Crippen molar-refractivity contribution in [2.24, 2.45) is 0 Å². The molecule has 1 N–H and O–H groups in total. The van der Waals surface area contributed by atoms with Crippen molar-refractivity contribution >= 4 is 0 Å². The van der Waals surface area contributed by atoms with Gasteiger partial charge in [0.15, 0.2) is 0 Å². The molecule has 1 aromatic rings. The molecule has 2 aliphatic rings. The summed E-state index contributed by atoms with van der Waals surface area (Å²) in [7, 11) is 0. The van der Waals surface area contributed by atoms with Crippen LogP contribution in [0.4, 0.5) is 0 Å². The third-order valence-corrected chi connectivity index (χ3v) is 5.31. The molecule has 116 valence electrons. The van der Waals surface area contributed by atoms with E-state index in [0.29, 0.717) is 12.2 Å². The molecule has 1 aromatic carbocycles. The predicted octanol–water partition coefficient (Wildman–Crippen LogP) is 4.04. The Balaban J connectivity index is 1.77. The highest BCUT2D eigenvalue weighted by Crippen LogP contribution is 2.37. The molecule has 1 aliphatic carbocycles. The zero-order valence-electron chi connectivity index (χ0n) is 13.5. The number of rotatable bonds is 7. The van der Waals surface area contributed by atoms with E-state index in [2.05, 4.69) is 49.5 Å². The lowest BCUT2D eigenvalue weighted by Gasteiger charge is -2.36. The molecule has 1 heterocycles. The van der Waals surface area contributed by atoms with Gasteiger partial charge in [-0.15, -0.1) is 0 Å². The normalized spacial score (nSPS) is 28.5. The number of ether oxygens (including phenoxy) is 1. The highest BCUT2D eigenvalue weighted by Gasteiger charge is 2.37. The summed E-state index contributed by atoms with van der Waals surface area (Å²) in [5.41, 5.74) is 1.70. The first-order chi connectivity index (χ1) is 10.2. The van der Waals surface area contributed by atoms with Crippen LogP contribution in [-0.2, 0) is 10.2 Å². The molecule has 1 aliphatic heterocycles. The minimum Gasteiger partial charge on any atom is -0.375 e. The van der Waals surface area contributed by atoms with Gasteiger partial charge in [-0.05, 0) is 51.0 Å². The molecule has 0 spiro atoms. The summed E-state index contributed by atoms with van der Waals surface area (Å²) in [6.45, 7) is 5.63. The van der Waals surface area contributed by atoms with Crippen molar-refractivity contribution in [1.29, 1.82) is 0 Å². The number of nitrogens with one attached hydrogen (secondary N) is 1. The predicted molar refractivity (Wildman–Crippen MR) is 87.6 cm³/mol. The van der Waals surface area contributed by atoms with Crippen LogP contribution in [0.2, 0.25) is 0 Å². The molecule has 2 heteroatoms. The Bertz CT molecular complexity index is 442. The van der Waals surface area contributed by atoms with Crippen LogP contribution in [0.25, 0.3) is 0 Å². The second-order valence-electron chi connectivity index (χ2n) is 7.01. The van der Waals surface area contributed by atoms with Crippen molar-refractivity contribution in [3.05, 3.63) is 35.9 Å². The fourth-order valence-electron chi connectivity index (χ4n) is 3.66. The Hall–Kier alpha value is -0.860. The first-order valence-corrected chi connectivity index (χ1v) is 8.66. The van der Waals surface area contributed by atoms with Crippen molar-refractivity contribution in [1.82, 2.24) is 5.32 Å². The highest BCUT2D eigenvalue weighted by atomic mass is 16.5. The zero-order chi connectivity index (χ0) is 14.7. The molecule has 0 bridgehead atoms. The van der Waals surface area contributed by atoms with Crippen molar-refractivity contribution in [3.8, 4) is 0 Å². The Labute approximate surface area is 129 Å². The van der Waals surface area contributed by atoms with E-state index in [9.17, 15) is 0 Å². The topological polar surface area (TPSA) is 21.3 Å². The van der Waals surface area contributed by atoms with Crippen LogP contribution in [0.1, 0.15) is 57.9 Å². The average molecular weight is 287 g/mol. The van der Waals surface area contributed by atoms with Crippen LogP contribution in [0.15, 0.2) is 30.3 Å². The van der Waals surface area contributed by atoms with Gasteiger partial charge in [0.2, 0.25) is 0 Å². The van der Waals surface area contributed by atoms with Crippen molar-refractivity contribution in [2.45, 2.75) is 76.0 Å². The molecule has 3 atom stereocenters. The monoisotopic (exact) mass is 287 g/mol. The quantitative estimate of drug-likeness (QED) is 0.817. The average Bonchev–Trinajstić information content (AvgIpc) is 3.26. The van der Waals surface area contributed by atoms with Crippen LogP contribution in [0.3, 0.4) is 0 Å². The molecular weight excluding hydrogens is 258 g/mol. The molecule has 2 nitrogen and oxygen atoms in total. The van der Waals surface area contributed by atoms with E-state index >= 15 is 0 Å². The van der Waals surface area contributed by atoms with Gasteiger partial charge in [-0.1, -0.05) is 37.3 Å². The van der Waals surface area contributed by atoms with E-state index in [4.69, 9.17) is 4.74 Å². The molecule has 1 saturated carbocycles. The molecule has 21 heavy (non-hydrogen) atoms. The summed E-state index contributed by atoms with van der Waals surface area (Å²) in [6, 6.07) is 11.8.